The van der Waals surface area contributed by atoms with Crippen molar-refractivity contribution in [2.75, 3.05) is 24.6 Å². The second-order valence-electron chi connectivity index (χ2n) is 4.06. The number of likely N-dealkylation sites (N-methyl/N-ethyl adjacent to an activating group) is 1. The maximum atomic E-state index is 11.1. The molecule has 0 aliphatic rings. The molecule has 0 atom stereocenters. The van der Waals surface area contributed by atoms with E-state index in [0.29, 0.717) is 18.9 Å². The van der Waals surface area contributed by atoms with Gasteiger partial charge in [-0.05, 0) is 25.5 Å². The summed E-state index contributed by atoms with van der Waals surface area (Å²) in [7, 11) is 0. The van der Waals surface area contributed by atoms with E-state index in [0.717, 1.165) is 18.5 Å². The topological polar surface area (TPSA) is 73.7 Å². The van der Waals surface area contributed by atoms with E-state index >= 15 is 0 Å². The first-order valence-electron chi connectivity index (χ1n) is 6.22. The fraction of sp³-hybridized carbons (Fsp3) is 0.538. The predicted octanol–water partition coefficient (Wildman–Crippen LogP) is 1.55. The predicted molar refractivity (Wildman–Crippen MR) is 70.2 cm³/mol. The number of aliphatic hydroxyl groups excluding tert-OH is 1. The first kappa shape index (κ1) is 14.4. The number of aryl methyl sites for hydroxylation is 1. The lowest BCUT2D eigenvalue weighted by Crippen LogP contribution is -2.27. The number of carbonyl (C=O) groups is 1. The average Bonchev–Trinajstić information content (AvgIpc) is 2.35. The quantitative estimate of drug-likeness (QED) is 0.770. The van der Waals surface area contributed by atoms with E-state index in [1.54, 1.807) is 12.1 Å². The molecule has 1 aromatic rings. The third kappa shape index (κ3) is 3.70. The van der Waals surface area contributed by atoms with Gasteiger partial charge < -0.3 is 15.1 Å². The Morgan fingerprint density at radius 2 is 2.11 bits per heavy atom. The van der Waals surface area contributed by atoms with Crippen molar-refractivity contribution in [2.45, 2.75) is 26.7 Å². The Morgan fingerprint density at radius 1 is 1.39 bits per heavy atom. The van der Waals surface area contributed by atoms with Crippen molar-refractivity contribution in [1.29, 1.82) is 0 Å². The summed E-state index contributed by atoms with van der Waals surface area (Å²) < 4.78 is 0. The van der Waals surface area contributed by atoms with Crippen LogP contribution >= 0.6 is 0 Å². The lowest BCUT2D eigenvalue weighted by molar-refractivity contribution is 0.0696. The van der Waals surface area contributed by atoms with Crippen molar-refractivity contribution >= 4 is 11.8 Å². The van der Waals surface area contributed by atoms with E-state index in [1.807, 2.05) is 18.7 Å². The molecule has 0 amide bonds. The van der Waals surface area contributed by atoms with Crippen LogP contribution in [-0.4, -0.2) is 40.9 Å². The van der Waals surface area contributed by atoms with E-state index in [1.165, 1.54) is 0 Å². The van der Waals surface area contributed by atoms with E-state index in [-0.39, 0.29) is 12.2 Å². The van der Waals surface area contributed by atoms with Crippen LogP contribution in [0.5, 0.6) is 0 Å². The molecule has 0 radical (unpaired) electrons. The highest BCUT2D eigenvalue weighted by Gasteiger charge is 2.12. The third-order valence-electron chi connectivity index (χ3n) is 2.69. The summed E-state index contributed by atoms with van der Waals surface area (Å²) in [5.41, 5.74) is 1.03. The fourth-order valence-corrected chi connectivity index (χ4v) is 1.80. The van der Waals surface area contributed by atoms with E-state index in [4.69, 9.17) is 10.2 Å². The second-order valence-corrected chi connectivity index (χ2v) is 4.06. The van der Waals surface area contributed by atoms with Crippen LogP contribution in [0.15, 0.2) is 12.1 Å². The number of carboxylic acid groups (broad SMARTS) is 1. The number of carboxylic acids is 1. The Morgan fingerprint density at radius 3 is 2.61 bits per heavy atom. The van der Waals surface area contributed by atoms with Crippen molar-refractivity contribution in [3.05, 3.63) is 23.4 Å². The number of pyridine rings is 1. The summed E-state index contributed by atoms with van der Waals surface area (Å²) in [5, 5.41) is 18.1. The van der Waals surface area contributed by atoms with Gasteiger partial charge >= 0.3 is 5.97 Å². The number of aliphatic hydroxyl groups is 1. The lowest BCUT2D eigenvalue weighted by Gasteiger charge is -2.21. The number of aromatic nitrogens is 1. The monoisotopic (exact) mass is 252 g/mol. The normalized spacial score (nSPS) is 10.4. The molecule has 0 unspecified atom stereocenters. The summed E-state index contributed by atoms with van der Waals surface area (Å²) >= 11 is 0. The van der Waals surface area contributed by atoms with E-state index in [9.17, 15) is 4.79 Å². The van der Waals surface area contributed by atoms with Gasteiger partial charge in [-0.1, -0.05) is 13.3 Å². The zero-order valence-corrected chi connectivity index (χ0v) is 10.9. The number of nitrogens with zero attached hydrogens (tertiary/aromatic N) is 2. The van der Waals surface area contributed by atoms with Crippen LogP contribution < -0.4 is 4.90 Å². The molecule has 0 saturated heterocycles. The highest BCUT2D eigenvalue weighted by molar-refractivity contribution is 5.88. The maximum Gasteiger partial charge on any atom is 0.335 e. The van der Waals surface area contributed by atoms with Crippen molar-refractivity contribution in [2.24, 2.45) is 0 Å². The number of anilines is 1. The van der Waals surface area contributed by atoms with Crippen LogP contribution in [0.25, 0.3) is 0 Å². The van der Waals surface area contributed by atoms with Gasteiger partial charge in [0.05, 0.1) is 12.2 Å². The van der Waals surface area contributed by atoms with Gasteiger partial charge in [0.15, 0.2) is 0 Å². The van der Waals surface area contributed by atoms with Crippen LogP contribution in [0.4, 0.5) is 5.82 Å². The maximum absolute atomic E-state index is 11.1. The molecule has 5 heteroatoms. The van der Waals surface area contributed by atoms with Crippen molar-refractivity contribution in [1.82, 2.24) is 4.98 Å². The highest BCUT2D eigenvalue weighted by Crippen LogP contribution is 2.16. The Bertz CT molecular complexity index is 407. The number of hydrogen-bond acceptors (Lipinski definition) is 4. The zero-order valence-electron chi connectivity index (χ0n) is 10.9. The van der Waals surface area contributed by atoms with Gasteiger partial charge in [0, 0.05) is 18.8 Å². The summed E-state index contributed by atoms with van der Waals surface area (Å²) in [4.78, 5) is 17.4. The SMILES string of the molecule is CCCc1cc(C(=O)O)cc(N(CC)CCO)n1. The van der Waals surface area contributed by atoms with Crippen molar-refractivity contribution < 1.29 is 15.0 Å². The molecular formula is C13H20N2O3. The van der Waals surface area contributed by atoms with Gasteiger partial charge in [-0.25, -0.2) is 9.78 Å². The molecule has 2 N–H and O–H groups in total. The number of hydrogen-bond donors (Lipinski definition) is 2. The smallest absolute Gasteiger partial charge is 0.335 e. The van der Waals surface area contributed by atoms with Crippen LogP contribution in [0.2, 0.25) is 0 Å². The zero-order chi connectivity index (χ0) is 13.5. The molecule has 0 aromatic carbocycles. The van der Waals surface area contributed by atoms with Crippen LogP contribution in [0, 0.1) is 0 Å². The molecule has 0 bridgehead atoms. The molecule has 1 rings (SSSR count). The van der Waals surface area contributed by atoms with Gasteiger partial charge in [0.25, 0.3) is 0 Å². The Kier molecular flexibility index (Phi) is 5.58. The molecule has 100 valence electrons. The Balaban J connectivity index is 3.12. The van der Waals surface area contributed by atoms with Gasteiger partial charge in [0.1, 0.15) is 5.82 Å². The number of aromatic carboxylic acids is 1. The van der Waals surface area contributed by atoms with Crippen molar-refractivity contribution in [3.8, 4) is 0 Å². The van der Waals surface area contributed by atoms with Crippen LogP contribution in [-0.2, 0) is 6.42 Å². The first-order valence-corrected chi connectivity index (χ1v) is 6.22. The molecule has 1 aromatic heterocycles. The van der Waals surface area contributed by atoms with Gasteiger partial charge in [-0.3, -0.25) is 0 Å². The van der Waals surface area contributed by atoms with Gasteiger partial charge in [-0.2, -0.15) is 0 Å². The summed E-state index contributed by atoms with van der Waals surface area (Å²) in [5.74, 6) is -0.328. The fourth-order valence-electron chi connectivity index (χ4n) is 1.80. The van der Waals surface area contributed by atoms with Crippen LogP contribution in [0.1, 0.15) is 36.3 Å². The Hall–Kier alpha value is -1.62. The van der Waals surface area contributed by atoms with E-state index < -0.39 is 5.97 Å². The molecular weight excluding hydrogens is 232 g/mol. The van der Waals surface area contributed by atoms with Gasteiger partial charge in [-0.15, -0.1) is 0 Å². The van der Waals surface area contributed by atoms with E-state index in [2.05, 4.69) is 4.98 Å². The molecule has 0 fully saturated rings. The second kappa shape index (κ2) is 6.96. The summed E-state index contributed by atoms with van der Waals surface area (Å²) in [6.07, 6.45) is 1.67. The molecule has 0 spiro atoms. The average molecular weight is 252 g/mol. The molecule has 5 nitrogen and oxygen atoms in total. The van der Waals surface area contributed by atoms with Crippen molar-refractivity contribution in [3.63, 3.8) is 0 Å². The largest absolute Gasteiger partial charge is 0.478 e. The third-order valence-corrected chi connectivity index (χ3v) is 2.69. The minimum Gasteiger partial charge on any atom is -0.478 e. The molecule has 0 aliphatic heterocycles. The molecule has 18 heavy (non-hydrogen) atoms. The highest BCUT2D eigenvalue weighted by atomic mass is 16.4. The minimum absolute atomic E-state index is 0.0237. The summed E-state index contributed by atoms with van der Waals surface area (Å²) in [6.45, 7) is 5.14. The lowest BCUT2D eigenvalue weighted by atomic mass is 10.1. The molecule has 0 saturated carbocycles. The number of rotatable bonds is 7. The summed E-state index contributed by atoms with van der Waals surface area (Å²) in [6, 6.07) is 3.17. The molecule has 0 aliphatic carbocycles. The molecule has 1 heterocycles. The first-order chi connectivity index (χ1) is 8.62. The standard InChI is InChI=1S/C13H20N2O3/c1-3-5-11-8-10(13(17)18)9-12(14-11)15(4-2)6-7-16/h8-9,16H,3-7H2,1-2H3,(H,17,18). The Labute approximate surface area is 107 Å². The van der Waals surface area contributed by atoms with Crippen LogP contribution in [0.3, 0.4) is 0 Å². The minimum atomic E-state index is -0.948. The van der Waals surface area contributed by atoms with Gasteiger partial charge in [0.2, 0.25) is 0 Å².